The molecule has 1 aromatic heterocycles. The monoisotopic (exact) mass is 359 g/mol. The number of hydrogen-bond acceptors (Lipinski definition) is 6. The van der Waals surface area contributed by atoms with Gasteiger partial charge in [0.15, 0.2) is 0 Å². The number of methoxy groups -OCH3 is 1. The van der Waals surface area contributed by atoms with Crippen LogP contribution in [0.2, 0.25) is 0 Å². The topological polar surface area (TPSA) is 59.0 Å². The average Bonchev–Trinajstić information content (AvgIpc) is 2.96. The van der Waals surface area contributed by atoms with Gasteiger partial charge in [-0.15, -0.1) is 11.3 Å². The highest BCUT2D eigenvalue weighted by Crippen LogP contribution is 2.35. The molecule has 0 saturated heterocycles. The summed E-state index contributed by atoms with van der Waals surface area (Å²) in [6.07, 6.45) is 3.32. The molecule has 0 aromatic carbocycles. The molecule has 23 heavy (non-hydrogen) atoms. The van der Waals surface area contributed by atoms with Gasteiger partial charge in [0.05, 0.1) is 11.0 Å². The second-order valence-corrected chi connectivity index (χ2v) is 8.03. The van der Waals surface area contributed by atoms with Crippen molar-refractivity contribution in [1.29, 1.82) is 0 Å². The van der Waals surface area contributed by atoms with Crippen LogP contribution < -0.4 is 0 Å². The molecule has 7 heteroatoms. The van der Waals surface area contributed by atoms with E-state index in [1.807, 2.05) is 19.5 Å². The Labute approximate surface area is 144 Å². The average molecular weight is 359 g/mol. The Kier molecular flexibility index (Phi) is 6.57. The molecule has 1 saturated carbocycles. The standard InChI is InChI=1S/C16H26NO4PS/c1-17(2)12-10-11(6-4-7-13(12)20-3)21-15(18)16(19,22)14-8-5-9-23-14/h5,8-9,11-13,19H,4,6-7,10,22H2,1-3H3. The van der Waals surface area contributed by atoms with Gasteiger partial charge in [0.2, 0.25) is 5.34 Å². The summed E-state index contributed by atoms with van der Waals surface area (Å²) >= 11 is 1.33. The Morgan fingerprint density at radius 3 is 2.78 bits per heavy atom. The molecule has 130 valence electrons. The smallest absolute Gasteiger partial charge is 0.347 e. The number of rotatable bonds is 5. The molecule has 5 atom stereocenters. The van der Waals surface area contributed by atoms with Gasteiger partial charge in [0, 0.05) is 19.6 Å². The Hall–Kier alpha value is -0.520. The normalized spacial score (nSPS) is 28.2. The molecule has 0 spiro atoms. The molecule has 1 aliphatic carbocycles. The third kappa shape index (κ3) is 4.52. The van der Waals surface area contributed by atoms with Crippen molar-refractivity contribution in [3.63, 3.8) is 0 Å². The molecular weight excluding hydrogens is 333 g/mol. The Morgan fingerprint density at radius 1 is 1.48 bits per heavy atom. The van der Waals surface area contributed by atoms with Gasteiger partial charge < -0.3 is 19.5 Å². The predicted octanol–water partition coefficient (Wildman–Crippen LogP) is 2.20. The fraction of sp³-hybridized carbons (Fsp3) is 0.688. The second-order valence-electron chi connectivity index (χ2n) is 6.24. The summed E-state index contributed by atoms with van der Waals surface area (Å²) in [7, 11) is 7.97. The van der Waals surface area contributed by atoms with E-state index in [0.29, 0.717) is 11.3 Å². The van der Waals surface area contributed by atoms with Crippen LogP contribution in [0.5, 0.6) is 0 Å². The minimum Gasteiger partial charge on any atom is -0.460 e. The molecule has 5 unspecified atom stereocenters. The van der Waals surface area contributed by atoms with Crippen LogP contribution in [0.4, 0.5) is 0 Å². The maximum Gasteiger partial charge on any atom is 0.347 e. The third-order valence-electron chi connectivity index (χ3n) is 4.40. The maximum absolute atomic E-state index is 12.4. The number of likely N-dealkylation sites (N-methyl/N-ethyl adjacent to an activating group) is 1. The van der Waals surface area contributed by atoms with Crippen LogP contribution in [0.25, 0.3) is 0 Å². The van der Waals surface area contributed by atoms with Gasteiger partial charge in [-0.05, 0) is 44.8 Å². The molecular formula is C16H26NO4PS. The number of hydrogen-bond donors (Lipinski definition) is 1. The molecule has 5 nitrogen and oxygen atoms in total. The minimum atomic E-state index is -1.67. The van der Waals surface area contributed by atoms with Crippen molar-refractivity contribution < 1.29 is 19.4 Å². The van der Waals surface area contributed by atoms with Crippen molar-refractivity contribution in [3.8, 4) is 0 Å². The molecule has 1 N–H and O–H groups in total. The molecule has 2 rings (SSSR count). The molecule has 0 amide bonds. The van der Waals surface area contributed by atoms with Gasteiger partial charge in [-0.25, -0.2) is 4.79 Å². The summed E-state index contributed by atoms with van der Waals surface area (Å²) < 4.78 is 11.2. The first kappa shape index (κ1) is 18.8. The van der Waals surface area contributed by atoms with E-state index < -0.39 is 11.3 Å². The number of carbonyl (C=O) groups is 1. The zero-order valence-corrected chi connectivity index (χ0v) is 15.9. The molecule has 0 aliphatic heterocycles. The lowest BCUT2D eigenvalue weighted by Crippen LogP contribution is -2.42. The van der Waals surface area contributed by atoms with Gasteiger partial charge in [0.25, 0.3) is 0 Å². The van der Waals surface area contributed by atoms with Crippen molar-refractivity contribution in [3.05, 3.63) is 22.4 Å². The van der Waals surface area contributed by atoms with Gasteiger partial charge in [0.1, 0.15) is 6.10 Å². The summed E-state index contributed by atoms with van der Waals surface area (Å²) in [6, 6.07) is 3.73. The first-order valence-electron chi connectivity index (χ1n) is 7.81. The lowest BCUT2D eigenvalue weighted by atomic mass is 10.0. The van der Waals surface area contributed by atoms with Crippen LogP contribution in [-0.2, 0) is 19.6 Å². The van der Waals surface area contributed by atoms with Crippen LogP contribution >= 0.6 is 20.6 Å². The summed E-state index contributed by atoms with van der Waals surface area (Å²) in [6.45, 7) is 0. The SMILES string of the molecule is COC1CCCC(OC(=O)C(O)(P)c2cccs2)CC1N(C)C. The highest BCUT2D eigenvalue weighted by molar-refractivity contribution is 7.22. The number of aliphatic hydroxyl groups is 1. The highest BCUT2D eigenvalue weighted by atomic mass is 32.1. The number of ether oxygens (including phenoxy) is 2. The van der Waals surface area contributed by atoms with E-state index in [9.17, 15) is 9.90 Å². The lowest BCUT2D eigenvalue weighted by Gasteiger charge is -2.32. The van der Waals surface area contributed by atoms with Crippen molar-refractivity contribution in [1.82, 2.24) is 4.90 Å². The summed E-state index contributed by atoms with van der Waals surface area (Å²) in [5.74, 6) is -0.608. The largest absolute Gasteiger partial charge is 0.460 e. The van der Waals surface area contributed by atoms with Crippen LogP contribution in [0.1, 0.15) is 30.6 Å². The van der Waals surface area contributed by atoms with Gasteiger partial charge in [-0.1, -0.05) is 15.3 Å². The summed E-state index contributed by atoms with van der Waals surface area (Å²) in [5.41, 5.74) is 0. The Bertz CT molecular complexity index is 506. The maximum atomic E-state index is 12.4. The summed E-state index contributed by atoms with van der Waals surface area (Å²) in [5, 5.41) is 10.6. The summed E-state index contributed by atoms with van der Waals surface area (Å²) in [4.78, 5) is 15.1. The van der Waals surface area contributed by atoms with E-state index in [1.165, 1.54) is 11.3 Å². The molecule has 0 radical (unpaired) electrons. The van der Waals surface area contributed by atoms with E-state index >= 15 is 0 Å². The van der Waals surface area contributed by atoms with E-state index in [-0.39, 0.29) is 18.2 Å². The fourth-order valence-electron chi connectivity index (χ4n) is 3.04. The zero-order valence-electron chi connectivity index (χ0n) is 13.9. The number of esters is 1. The molecule has 1 heterocycles. The Morgan fingerprint density at radius 2 is 2.22 bits per heavy atom. The van der Waals surface area contributed by atoms with Gasteiger partial charge >= 0.3 is 5.97 Å². The molecule has 1 aromatic rings. The predicted molar refractivity (Wildman–Crippen MR) is 94.5 cm³/mol. The lowest BCUT2D eigenvalue weighted by molar-refractivity contribution is -0.164. The first-order chi connectivity index (χ1) is 10.9. The second kappa shape index (κ2) is 8.04. The molecule has 1 fully saturated rings. The number of thiophene rings is 1. The highest BCUT2D eigenvalue weighted by Gasteiger charge is 2.39. The molecule has 1 aliphatic rings. The quantitative estimate of drug-likeness (QED) is 0.496. The van der Waals surface area contributed by atoms with Crippen LogP contribution in [0.15, 0.2) is 17.5 Å². The van der Waals surface area contributed by atoms with E-state index in [2.05, 4.69) is 14.1 Å². The first-order valence-corrected chi connectivity index (χ1v) is 9.27. The minimum absolute atomic E-state index is 0.140. The van der Waals surface area contributed by atoms with Crippen molar-refractivity contribution in [2.24, 2.45) is 0 Å². The van der Waals surface area contributed by atoms with Crippen molar-refractivity contribution in [2.75, 3.05) is 21.2 Å². The van der Waals surface area contributed by atoms with Crippen molar-refractivity contribution in [2.45, 2.75) is 49.3 Å². The Balaban J connectivity index is 2.05. The van der Waals surface area contributed by atoms with E-state index in [4.69, 9.17) is 9.47 Å². The van der Waals surface area contributed by atoms with Gasteiger partial charge in [-0.3, -0.25) is 0 Å². The molecule has 0 bridgehead atoms. The van der Waals surface area contributed by atoms with Gasteiger partial charge in [-0.2, -0.15) is 0 Å². The van der Waals surface area contributed by atoms with E-state index in [0.717, 1.165) is 19.3 Å². The fourth-order valence-corrected chi connectivity index (χ4v) is 4.13. The van der Waals surface area contributed by atoms with Crippen LogP contribution in [0.3, 0.4) is 0 Å². The van der Waals surface area contributed by atoms with Crippen LogP contribution in [0, 0.1) is 0 Å². The van der Waals surface area contributed by atoms with Crippen LogP contribution in [-0.4, -0.2) is 55.4 Å². The number of carbonyl (C=O) groups excluding carboxylic acids is 1. The van der Waals surface area contributed by atoms with Crippen molar-refractivity contribution >= 4 is 26.5 Å². The zero-order chi connectivity index (χ0) is 17.0. The third-order valence-corrected chi connectivity index (χ3v) is 6.15. The van der Waals surface area contributed by atoms with E-state index in [1.54, 1.807) is 19.2 Å². The number of nitrogens with zero attached hydrogens (tertiary/aromatic N) is 1.